The van der Waals surface area contributed by atoms with Crippen LogP contribution in [0.2, 0.25) is 0 Å². The highest BCUT2D eigenvalue weighted by Crippen LogP contribution is 2.19. The number of nitrogens with one attached hydrogen (secondary N) is 1. The van der Waals surface area contributed by atoms with Crippen molar-refractivity contribution in [3.05, 3.63) is 35.6 Å². The molecule has 4 heteroatoms. The maximum Gasteiger partial charge on any atom is 0.320 e. The fourth-order valence-corrected chi connectivity index (χ4v) is 2.10. The van der Waals surface area contributed by atoms with Gasteiger partial charge in [-0.15, -0.1) is 0 Å². The van der Waals surface area contributed by atoms with Crippen LogP contribution in [-0.4, -0.2) is 17.1 Å². The Morgan fingerprint density at radius 3 is 2.32 bits per heavy atom. The van der Waals surface area contributed by atoms with E-state index in [4.69, 9.17) is 0 Å². The van der Waals surface area contributed by atoms with Gasteiger partial charge in [0.2, 0.25) is 0 Å². The number of rotatable bonds is 7. The molecule has 2 unspecified atom stereocenters. The van der Waals surface area contributed by atoms with Gasteiger partial charge in [0, 0.05) is 6.04 Å². The Kier molecular flexibility index (Phi) is 5.96. The molecule has 2 atom stereocenters. The van der Waals surface area contributed by atoms with Crippen LogP contribution in [0.4, 0.5) is 4.39 Å². The standard InChI is InChI=1S/C15H22FNO2/c1-4-13(11-5-7-12(16)8-6-11)17-14(15(18)19)9-10(2)3/h5-8,10,13-14,17H,4,9H2,1-3H3,(H,18,19). The molecule has 0 aliphatic carbocycles. The van der Waals surface area contributed by atoms with E-state index in [2.05, 4.69) is 5.32 Å². The first kappa shape index (κ1) is 15.6. The molecule has 0 saturated heterocycles. The van der Waals surface area contributed by atoms with Gasteiger partial charge in [0.1, 0.15) is 11.9 Å². The number of carboxylic acid groups (broad SMARTS) is 1. The van der Waals surface area contributed by atoms with Crippen LogP contribution >= 0.6 is 0 Å². The van der Waals surface area contributed by atoms with Crippen molar-refractivity contribution in [2.45, 2.75) is 45.7 Å². The number of benzene rings is 1. The van der Waals surface area contributed by atoms with Crippen LogP contribution in [-0.2, 0) is 4.79 Å². The molecular formula is C15H22FNO2. The smallest absolute Gasteiger partial charge is 0.320 e. The van der Waals surface area contributed by atoms with E-state index in [1.165, 1.54) is 12.1 Å². The molecular weight excluding hydrogens is 245 g/mol. The van der Waals surface area contributed by atoms with Crippen LogP contribution in [0, 0.1) is 11.7 Å². The van der Waals surface area contributed by atoms with E-state index < -0.39 is 12.0 Å². The molecule has 0 heterocycles. The maximum absolute atomic E-state index is 12.9. The van der Waals surface area contributed by atoms with Crippen molar-refractivity contribution in [1.29, 1.82) is 0 Å². The molecule has 1 aromatic carbocycles. The lowest BCUT2D eigenvalue weighted by molar-refractivity contribution is -0.140. The molecule has 0 aliphatic heterocycles. The first-order chi connectivity index (χ1) is 8.93. The summed E-state index contributed by atoms with van der Waals surface area (Å²) in [6.07, 6.45) is 1.33. The molecule has 19 heavy (non-hydrogen) atoms. The number of carboxylic acids is 1. The van der Waals surface area contributed by atoms with Gasteiger partial charge in [0.25, 0.3) is 0 Å². The molecule has 0 aliphatic rings. The Hall–Kier alpha value is -1.42. The molecule has 0 saturated carbocycles. The zero-order chi connectivity index (χ0) is 14.4. The zero-order valence-corrected chi connectivity index (χ0v) is 11.7. The minimum Gasteiger partial charge on any atom is -0.480 e. The van der Waals surface area contributed by atoms with E-state index in [-0.39, 0.29) is 11.9 Å². The second-order valence-electron chi connectivity index (χ2n) is 5.20. The summed E-state index contributed by atoms with van der Waals surface area (Å²) in [5, 5.41) is 12.4. The largest absolute Gasteiger partial charge is 0.480 e. The summed E-state index contributed by atoms with van der Waals surface area (Å²) in [5.41, 5.74) is 0.916. The van der Waals surface area contributed by atoms with Crippen LogP contribution in [0.5, 0.6) is 0 Å². The monoisotopic (exact) mass is 267 g/mol. The lowest BCUT2D eigenvalue weighted by Gasteiger charge is -2.24. The molecule has 1 aromatic rings. The average molecular weight is 267 g/mol. The van der Waals surface area contributed by atoms with Gasteiger partial charge < -0.3 is 5.11 Å². The highest BCUT2D eigenvalue weighted by molar-refractivity contribution is 5.73. The van der Waals surface area contributed by atoms with Gasteiger partial charge in [-0.2, -0.15) is 0 Å². The summed E-state index contributed by atoms with van der Waals surface area (Å²) in [4.78, 5) is 11.2. The maximum atomic E-state index is 12.9. The van der Waals surface area contributed by atoms with Gasteiger partial charge in [-0.3, -0.25) is 10.1 Å². The van der Waals surface area contributed by atoms with E-state index >= 15 is 0 Å². The third-order valence-electron chi connectivity index (χ3n) is 3.09. The van der Waals surface area contributed by atoms with Crippen LogP contribution < -0.4 is 5.32 Å². The quantitative estimate of drug-likeness (QED) is 0.796. The fraction of sp³-hybridized carbons (Fsp3) is 0.533. The normalized spacial score (nSPS) is 14.4. The van der Waals surface area contributed by atoms with Crippen molar-refractivity contribution in [3.8, 4) is 0 Å². The Morgan fingerprint density at radius 2 is 1.89 bits per heavy atom. The minimum absolute atomic E-state index is 0.0690. The first-order valence-corrected chi connectivity index (χ1v) is 6.68. The van der Waals surface area contributed by atoms with Crippen molar-refractivity contribution < 1.29 is 14.3 Å². The van der Waals surface area contributed by atoms with E-state index in [0.29, 0.717) is 12.3 Å². The third-order valence-corrected chi connectivity index (χ3v) is 3.09. The minimum atomic E-state index is -0.839. The first-order valence-electron chi connectivity index (χ1n) is 6.68. The van der Waals surface area contributed by atoms with Gasteiger partial charge in [0.15, 0.2) is 0 Å². The van der Waals surface area contributed by atoms with Crippen LogP contribution in [0.15, 0.2) is 24.3 Å². The van der Waals surface area contributed by atoms with Crippen LogP contribution in [0.1, 0.15) is 45.2 Å². The van der Waals surface area contributed by atoms with Crippen molar-refractivity contribution in [1.82, 2.24) is 5.32 Å². The molecule has 0 aromatic heterocycles. The Labute approximate surface area is 113 Å². The fourth-order valence-electron chi connectivity index (χ4n) is 2.10. The van der Waals surface area contributed by atoms with E-state index in [1.807, 2.05) is 20.8 Å². The van der Waals surface area contributed by atoms with Crippen LogP contribution in [0.3, 0.4) is 0 Å². The Morgan fingerprint density at radius 1 is 1.32 bits per heavy atom. The SMILES string of the molecule is CCC(NC(CC(C)C)C(=O)O)c1ccc(F)cc1. The molecule has 106 valence electrons. The van der Waals surface area contributed by atoms with E-state index in [9.17, 15) is 14.3 Å². The molecule has 0 amide bonds. The average Bonchev–Trinajstić information content (AvgIpc) is 2.35. The van der Waals surface area contributed by atoms with Crippen molar-refractivity contribution >= 4 is 5.97 Å². The predicted molar refractivity (Wildman–Crippen MR) is 73.4 cm³/mol. The Balaban J connectivity index is 2.79. The van der Waals surface area contributed by atoms with Gasteiger partial charge in [0.05, 0.1) is 0 Å². The van der Waals surface area contributed by atoms with Crippen molar-refractivity contribution in [2.75, 3.05) is 0 Å². The zero-order valence-electron chi connectivity index (χ0n) is 11.7. The summed E-state index contributed by atoms with van der Waals surface area (Å²) >= 11 is 0. The number of carbonyl (C=O) groups is 1. The molecule has 3 nitrogen and oxygen atoms in total. The summed E-state index contributed by atoms with van der Waals surface area (Å²) in [7, 11) is 0. The van der Waals surface area contributed by atoms with Gasteiger partial charge in [-0.25, -0.2) is 4.39 Å². The molecule has 1 rings (SSSR count). The second-order valence-corrected chi connectivity index (χ2v) is 5.20. The van der Waals surface area contributed by atoms with E-state index in [0.717, 1.165) is 12.0 Å². The summed E-state index contributed by atoms with van der Waals surface area (Å²) < 4.78 is 12.9. The summed E-state index contributed by atoms with van der Waals surface area (Å²) in [5.74, 6) is -0.816. The van der Waals surface area contributed by atoms with Gasteiger partial charge in [-0.05, 0) is 36.5 Å². The lowest BCUT2D eigenvalue weighted by atomic mass is 9.99. The summed E-state index contributed by atoms with van der Waals surface area (Å²) in [6.45, 7) is 5.97. The molecule has 0 bridgehead atoms. The Bertz CT molecular complexity index is 403. The number of hydrogen-bond acceptors (Lipinski definition) is 2. The predicted octanol–water partition coefficient (Wildman–Crippen LogP) is 3.37. The molecule has 2 N–H and O–H groups in total. The molecule has 0 spiro atoms. The van der Waals surface area contributed by atoms with Crippen LogP contribution in [0.25, 0.3) is 0 Å². The van der Waals surface area contributed by atoms with Gasteiger partial charge >= 0.3 is 5.97 Å². The van der Waals surface area contributed by atoms with Crippen molar-refractivity contribution in [2.24, 2.45) is 5.92 Å². The molecule has 0 radical (unpaired) electrons. The van der Waals surface area contributed by atoms with Gasteiger partial charge in [-0.1, -0.05) is 32.9 Å². The summed E-state index contributed by atoms with van der Waals surface area (Å²) in [6, 6.07) is 5.56. The molecule has 0 fully saturated rings. The number of hydrogen-bond donors (Lipinski definition) is 2. The second kappa shape index (κ2) is 7.24. The number of aliphatic carboxylic acids is 1. The topological polar surface area (TPSA) is 49.3 Å². The van der Waals surface area contributed by atoms with Crippen molar-refractivity contribution in [3.63, 3.8) is 0 Å². The highest BCUT2D eigenvalue weighted by atomic mass is 19.1. The lowest BCUT2D eigenvalue weighted by Crippen LogP contribution is -2.40. The highest BCUT2D eigenvalue weighted by Gasteiger charge is 2.22. The third kappa shape index (κ3) is 4.99. The number of halogens is 1. The van der Waals surface area contributed by atoms with E-state index in [1.54, 1.807) is 12.1 Å².